The van der Waals surface area contributed by atoms with Gasteiger partial charge in [0.05, 0.1) is 23.7 Å². The maximum atomic E-state index is 14.1. The third-order valence-corrected chi connectivity index (χ3v) is 7.41. The van der Waals surface area contributed by atoms with Crippen molar-refractivity contribution in [2.24, 2.45) is 5.92 Å². The normalized spacial score (nSPS) is 19.8. The highest BCUT2D eigenvalue weighted by Gasteiger charge is 2.37. The van der Waals surface area contributed by atoms with E-state index in [1.54, 1.807) is 12.2 Å². The van der Waals surface area contributed by atoms with Crippen LogP contribution in [-0.4, -0.2) is 60.5 Å². The fourth-order valence-electron chi connectivity index (χ4n) is 5.39. The van der Waals surface area contributed by atoms with Crippen molar-refractivity contribution in [3.63, 3.8) is 0 Å². The molecule has 0 radical (unpaired) electrons. The molecule has 0 unspecified atom stereocenters. The molecule has 2 aliphatic heterocycles. The molecule has 1 saturated heterocycles. The minimum Gasteiger partial charge on any atom is -0.383 e. The summed E-state index contributed by atoms with van der Waals surface area (Å²) in [5.41, 5.74) is 5.39. The lowest BCUT2D eigenvalue weighted by Crippen LogP contribution is -2.24. The Morgan fingerprint density at radius 3 is 2.72 bits per heavy atom. The average Bonchev–Trinajstić information content (AvgIpc) is 3.50. The van der Waals surface area contributed by atoms with E-state index in [9.17, 15) is 13.6 Å². The fraction of sp³-hybridized carbons (Fsp3) is 0.400. The Morgan fingerprint density at radius 2 is 2.00 bits per heavy atom. The standard InChI is InChI=1S/C30H34F2N4O3/c1-20-28(36(24-6-4-3-5-7-24)34-29(20)21-10-12-33-13-11-21)18-25(37)16-23-19-35(14-15-38-2)39-30(23)22-8-9-26(31)27(32)17-22/h3-10,17,23,30,33H,11-16,18-19H2,1-2H3/t23-,30+/m1/s1. The highest BCUT2D eigenvalue weighted by molar-refractivity contribution is 5.82. The van der Waals surface area contributed by atoms with Crippen molar-refractivity contribution >= 4 is 11.4 Å². The molecule has 1 N–H and O–H groups in total. The summed E-state index contributed by atoms with van der Waals surface area (Å²) in [6.07, 6.45) is 2.92. The largest absolute Gasteiger partial charge is 0.383 e. The summed E-state index contributed by atoms with van der Waals surface area (Å²) in [6, 6.07) is 13.6. The van der Waals surface area contributed by atoms with E-state index in [1.807, 2.05) is 41.9 Å². The zero-order chi connectivity index (χ0) is 27.4. The quantitative estimate of drug-likeness (QED) is 0.409. The number of carbonyl (C=O) groups excluding carboxylic acids is 1. The molecule has 2 aliphatic rings. The minimum absolute atomic E-state index is 0.0378. The van der Waals surface area contributed by atoms with Gasteiger partial charge in [-0.3, -0.25) is 9.63 Å². The molecule has 0 spiro atoms. The van der Waals surface area contributed by atoms with E-state index in [4.69, 9.17) is 14.7 Å². The highest BCUT2D eigenvalue weighted by atomic mass is 19.2. The van der Waals surface area contributed by atoms with E-state index in [0.29, 0.717) is 25.3 Å². The van der Waals surface area contributed by atoms with Crippen LogP contribution in [0.5, 0.6) is 0 Å². The predicted molar refractivity (Wildman–Crippen MR) is 144 cm³/mol. The summed E-state index contributed by atoms with van der Waals surface area (Å²) in [7, 11) is 1.61. The number of aromatic nitrogens is 2. The molecule has 206 valence electrons. The van der Waals surface area contributed by atoms with Crippen LogP contribution in [0.25, 0.3) is 11.3 Å². The predicted octanol–water partition coefficient (Wildman–Crippen LogP) is 4.59. The second-order valence-corrected chi connectivity index (χ2v) is 10.1. The minimum atomic E-state index is -0.932. The van der Waals surface area contributed by atoms with Crippen molar-refractivity contribution in [2.45, 2.75) is 32.3 Å². The SMILES string of the molecule is COCCN1C[C@@H](CC(=O)Cc2c(C)c(C3=CCNCC3)nn2-c2ccccc2)[C@H](c2ccc(F)c(F)c2)O1. The molecule has 3 heterocycles. The number of hydroxylamine groups is 2. The van der Waals surface area contributed by atoms with Gasteiger partial charge in [-0.2, -0.15) is 10.2 Å². The van der Waals surface area contributed by atoms with E-state index >= 15 is 0 Å². The molecule has 5 rings (SSSR count). The summed E-state index contributed by atoms with van der Waals surface area (Å²) in [4.78, 5) is 19.7. The van der Waals surface area contributed by atoms with Crippen LogP contribution in [0.15, 0.2) is 54.6 Å². The maximum absolute atomic E-state index is 14.1. The van der Waals surface area contributed by atoms with Gasteiger partial charge < -0.3 is 10.1 Å². The van der Waals surface area contributed by atoms with Crippen molar-refractivity contribution in [2.75, 3.05) is 39.9 Å². The number of halogens is 2. The molecule has 0 bridgehead atoms. The van der Waals surface area contributed by atoms with Crippen LogP contribution in [0.1, 0.15) is 41.5 Å². The van der Waals surface area contributed by atoms with E-state index < -0.39 is 17.7 Å². The molecule has 1 aromatic heterocycles. The van der Waals surface area contributed by atoms with Gasteiger partial charge in [-0.05, 0) is 60.9 Å². The summed E-state index contributed by atoms with van der Waals surface area (Å²) < 4.78 is 34.7. The number of Topliss-reactive ketones (excluding diaryl/α,β-unsaturated/α-hetero) is 1. The van der Waals surface area contributed by atoms with Crippen LogP contribution in [-0.2, 0) is 20.8 Å². The first-order valence-electron chi connectivity index (χ1n) is 13.4. The number of carbonyl (C=O) groups is 1. The number of ether oxygens (including phenoxy) is 1. The molecule has 9 heteroatoms. The number of ketones is 1. The van der Waals surface area contributed by atoms with E-state index in [-0.39, 0.29) is 24.5 Å². The topological polar surface area (TPSA) is 68.6 Å². The molecule has 2 atom stereocenters. The van der Waals surface area contributed by atoms with Gasteiger partial charge in [-0.25, -0.2) is 13.5 Å². The average molecular weight is 537 g/mol. The Balaban J connectivity index is 1.40. The number of benzene rings is 2. The van der Waals surface area contributed by atoms with Gasteiger partial charge in [0.25, 0.3) is 0 Å². The van der Waals surface area contributed by atoms with Gasteiger partial charge in [0.15, 0.2) is 11.6 Å². The number of nitrogens with one attached hydrogen (secondary N) is 1. The Hall–Kier alpha value is -3.24. The van der Waals surface area contributed by atoms with Gasteiger partial charge >= 0.3 is 0 Å². The summed E-state index contributed by atoms with van der Waals surface area (Å²) >= 11 is 0. The zero-order valence-corrected chi connectivity index (χ0v) is 22.3. The van der Waals surface area contributed by atoms with E-state index in [0.717, 1.165) is 54.3 Å². The molecular formula is C30H34F2N4O3. The lowest BCUT2D eigenvalue weighted by Gasteiger charge is -2.18. The molecule has 7 nitrogen and oxygen atoms in total. The lowest BCUT2D eigenvalue weighted by molar-refractivity contribution is -0.155. The van der Waals surface area contributed by atoms with Crippen LogP contribution in [0, 0.1) is 24.5 Å². The first-order valence-corrected chi connectivity index (χ1v) is 13.4. The van der Waals surface area contributed by atoms with Crippen molar-refractivity contribution < 1.29 is 23.1 Å². The van der Waals surface area contributed by atoms with Gasteiger partial charge in [0, 0.05) is 45.5 Å². The van der Waals surface area contributed by atoms with E-state index in [1.165, 1.54) is 11.6 Å². The zero-order valence-electron chi connectivity index (χ0n) is 22.3. The maximum Gasteiger partial charge on any atom is 0.159 e. The Kier molecular flexibility index (Phi) is 8.62. The van der Waals surface area contributed by atoms with Gasteiger partial charge in [-0.1, -0.05) is 30.3 Å². The molecule has 0 saturated carbocycles. The molecule has 0 aliphatic carbocycles. The van der Waals surface area contributed by atoms with Crippen molar-refractivity contribution in [3.05, 3.63) is 88.8 Å². The van der Waals surface area contributed by atoms with Crippen LogP contribution < -0.4 is 5.32 Å². The fourth-order valence-corrected chi connectivity index (χ4v) is 5.39. The molecule has 39 heavy (non-hydrogen) atoms. The second-order valence-electron chi connectivity index (χ2n) is 10.1. The summed E-state index contributed by atoms with van der Waals surface area (Å²) in [5.74, 6) is -2.03. The third kappa shape index (κ3) is 6.17. The van der Waals surface area contributed by atoms with Crippen molar-refractivity contribution in [1.82, 2.24) is 20.2 Å². The molecule has 0 amide bonds. The third-order valence-electron chi connectivity index (χ3n) is 7.41. The highest BCUT2D eigenvalue weighted by Crippen LogP contribution is 2.37. The monoisotopic (exact) mass is 536 g/mol. The second kappa shape index (κ2) is 12.3. The van der Waals surface area contributed by atoms with E-state index in [2.05, 4.69) is 11.4 Å². The Morgan fingerprint density at radius 1 is 1.18 bits per heavy atom. The smallest absolute Gasteiger partial charge is 0.159 e. The molecule has 3 aromatic rings. The van der Waals surface area contributed by atoms with Gasteiger partial charge in [0.2, 0.25) is 0 Å². The summed E-state index contributed by atoms with van der Waals surface area (Å²) in [5, 5.41) is 10.0. The van der Waals surface area contributed by atoms with Crippen LogP contribution in [0.3, 0.4) is 0 Å². The first-order chi connectivity index (χ1) is 18.9. The number of nitrogens with zero attached hydrogens (tertiary/aromatic N) is 3. The van der Waals surface area contributed by atoms with Gasteiger partial charge in [0.1, 0.15) is 11.9 Å². The number of rotatable bonds is 10. The number of para-hydroxylation sites is 1. The van der Waals surface area contributed by atoms with Crippen LogP contribution in [0.2, 0.25) is 0 Å². The Bertz CT molecular complexity index is 1340. The van der Waals surface area contributed by atoms with Crippen LogP contribution in [0.4, 0.5) is 8.78 Å². The molecule has 1 fully saturated rings. The van der Waals surface area contributed by atoms with Crippen molar-refractivity contribution in [3.8, 4) is 5.69 Å². The van der Waals surface area contributed by atoms with Crippen LogP contribution >= 0.6 is 0 Å². The molecule has 2 aromatic carbocycles. The molecular weight excluding hydrogens is 502 g/mol. The Labute approximate surface area is 227 Å². The van der Waals surface area contributed by atoms with Crippen molar-refractivity contribution in [1.29, 1.82) is 0 Å². The van der Waals surface area contributed by atoms with Gasteiger partial charge in [-0.15, -0.1) is 0 Å². The lowest BCUT2D eigenvalue weighted by atomic mass is 9.90. The summed E-state index contributed by atoms with van der Waals surface area (Å²) in [6.45, 7) is 5.17. The first kappa shape index (κ1) is 27.3. The number of methoxy groups -OCH3 is 1. The number of hydrogen-bond acceptors (Lipinski definition) is 6. The number of hydrogen-bond donors (Lipinski definition) is 1.